The van der Waals surface area contributed by atoms with Crippen molar-refractivity contribution in [2.24, 2.45) is 0 Å². The Hall–Kier alpha value is -1.71. The number of hydrogen-bond donors (Lipinski definition) is 0. The molecule has 0 radical (unpaired) electrons. The van der Waals surface area contributed by atoms with Gasteiger partial charge >= 0.3 is 13.5 Å². The molecular weight excluding hydrogens is 1050 g/mol. The van der Waals surface area contributed by atoms with Gasteiger partial charge in [-0.25, -0.2) is 0 Å². The molecule has 0 saturated carbocycles. The SMILES string of the molecule is CCCCCCCCCCCCCCCCOC(=O)CCCCCCCCCCCCCCCCSP(Oc1cccc(CCCCCCCCCCCCCCCC)c1)Oc1cccc(CCCCCCCCCCCCCCCC)c1. The lowest BCUT2D eigenvalue weighted by Gasteiger charge is -2.19. The Morgan fingerprint density at radius 1 is 0.325 bits per heavy atom. The van der Waals surface area contributed by atoms with Gasteiger partial charge in [-0.15, -0.1) is 0 Å². The molecule has 4 nitrogen and oxygen atoms in total. The third-order valence-electron chi connectivity index (χ3n) is 17.5. The molecule has 2 aromatic rings. The largest absolute Gasteiger partial charge is 0.466 e. The molecule has 2 aromatic carbocycles. The molecule has 0 unspecified atom stereocenters. The van der Waals surface area contributed by atoms with E-state index in [0.29, 0.717) is 13.0 Å². The Morgan fingerprint density at radius 3 is 0.904 bits per heavy atom. The number of aryl methyl sites for hydroxylation is 2. The molecule has 482 valence electrons. The zero-order valence-electron chi connectivity index (χ0n) is 55.7. The maximum Gasteiger partial charge on any atom is 0.360 e. The van der Waals surface area contributed by atoms with Gasteiger partial charge in [0, 0.05) is 12.2 Å². The van der Waals surface area contributed by atoms with E-state index in [4.69, 9.17) is 13.8 Å². The van der Waals surface area contributed by atoms with Crippen molar-refractivity contribution in [3.63, 3.8) is 0 Å². The van der Waals surface area contributed by atoms with E-state index in [1.807, 2.05) is 11.4 Å². The van der Waals surface area contributed by atoms with E-state index in [-0.39, 0.29) is 5.97 Å². The number of hydrogen-bond acceptors (Lipinski definition) is 5. The van der Waals surface area contributed by atoms with E-state index in [9.17, 15) is 4.79 Å². The van der Waals surface area contributed by atoms with Crippen LogP contribution in [-0.4, -0.2) is 18.3 Å². The summed E-state index contributed by atoms with van der Waals surface area (Å²) in [6.07, 6.45) is 79.1. The second-order valence-electron chi connectivity index (χ2n) is 25.7. The highest BCUT2D eigenvalue weighted by Gasteiger charge is 2.17. The summed E-state index contributed by atoms with van der Waals surface area (Å²) < 4.78 is 19.1. The van der Waals surface area contributed by atoms with Crippen molar-refractivity contribution in [1.82, 2.24) is 0 Å². The van der Waals surface area contributed by atoms with Gasteiger partial charge in [0.2, 0.25) is 0 Å². The topological polar surface area (TPSA) is 44.8 Å². The van der Waals surface area contributed by atoms with Crippen LogP contribution in [0.25, 0.3) is 0 Å². The molecule has 0 atom stereocenters. The average molecular weight is 1190 g/mol. The first-order valence-electron chi connectivity index (χ1n) is 37.3. The molecule has 0 aliphatic carbocycles. The Morgan fingerprint density at radius 2 is 0.590 bits per heavy atom. The minimum Gasteiger partial charge on any atom is -0.466 e. The third-order valence-corrected chi connectivity index (χ3v) is 20.6. The predicted octanol–water partition coefficient (Wildman–Crippen LogP) is 28.0. The Labute approximate surface area is 523 Å². The lowest BCUT2D eigenvalue weighted by molar-refractivity contribution is -0.143. The van der Waals surface area contributed by atoms with E-state index in [2.05, 4.69) is 69.3 Å². The third kappa shape index (κ3) is 54.2. The molecule has 0 N–H and O–H groups in total. The maximum absolute atomic E-state index is 12.2. The highest BCUT2D eigenvalue weighted by atomic mass is 32.7. The smallest absolute Gasteiger partial charge is 0.360 e. The summed E-state index contributed by atoms with van der Waals surface area (Å²) in [4.78, 5) is 12.2. The summed E-state index contributed by atoms with van der Waals surface area (Å²) in [5, 5.41) is 0. The van der Waals surface area contributed by atoms with Crippen LogP contribution in [0.3, 0.4) is 0 Å². The van der Waals surface area contributed by atoms with Gasteiger partial charge in [0.15, 0.2) is 0 Å². The quantitative estimate of drug-likeness (QED) is 0.0375. The summed E-state index contributed by atoms with van der Waals surface area (Å²) in [5.74, 6) is 3.02. The van der Waals surface area contributed by atoms with Crippen molar-refractivity contribution < 1.29 is 18.6 Å². The van der Waals surface area contributed by atoms with Gasteiger partial charge in [-0.05, 0) is 91.7 Å². The van der Waals surface area contributed by atoms with Crippen molar-refractivity contribution in [3.05, 3.63) is 59.7 Å². The molecule has 0 bridgehead atoms. The first-order chi connectivity index (χ1) is 41.1. The highest BCUT2D eigenvalue weighted by Crippen LogP contribution is 2.52. The second kappa shape index (κ2) is 63.3. The minimum atomic E-state index is -1.16. The highest BCUT2D eigenvalue weighted by molar-refractivity contribution is 8.53. The zero-order valence-corrected chi connectivity index (χ0v) is 57.5. The van der Waals surface area contributed by atoms with E-state index in [1.165, 1.54) is 351 Å². The van der Waals surface area contributed by atoms with Crippen molar-refractivity contribution in [2.45, 2.75) is 400 Å². The zero-order chi connectivity index (χ0) is 59.1. The predicted molar refractivity (Wildman–Crippen MR) is 372 cm³/mol. The molecule has 0 spiro atoms. The van der Waals surface area contributed by atoms with Crippen molar-refractivity contribution in [3.8, 4) is 11.5 Å². The van der Waals surface area contributed by atoms with E-state index < -0.39 is 7.58 Å². The van der Waals surface area contributed by atoms with Crippen molar-refractivity contribution in [2.75, 3.05) is 12.4 Å². The lowest BCUT2D eigenvalue weighted by atomic mass is 10.0. The van der Waals surface area contributed by atoms with Crippen LogP contribution >= 0.6 is 19.0 Å². The van der Waals surface area contributed by atoms with Crippen LogP contribution in [0.1, 0.15) is 398 Å². The van der Waals surface area contributed by atoms with Gasteiger partial charge in [0.25, 0.3) is 0 Å². The van der Waals surface area contributed by atoms with Crippen LogP contribution < -0.4 is 9.05 Å². The van der Waals surface area contributed by atoms with E-state index in [1.54, 1.807) is 0 Å². The molecule has 0 aromatic heterocycles. The van der Waals surface area contributed by atoms with E-state index in [0.717, 1.165) is 49.4 Å². The molecule has 0 aliphatic rings. The summed E-state index contributed by atoms with van der Waals surface area (Å²) in [6, 6.07) is 17.8. The van der Waals surface area contributed by atoms with Crippen LogP contribution in [0.4, 0.5) is 0 Å². The van der Waals surface area contributed by atoms with Crippen LogP contribution in [0, 0.1) is 0 Å². The first kappa shape index (κ1) is 77.4. The number of unbranched alkanes of at least 4 members (excludes halogenated alkanes) is 52. The summed E-state index contributed by atoms with van der Waals surface area (Å²) >= 11 is 1.90. The number of esters is 1. The van der Waals surface area contributed by atoms with Crippen molar-refractivity contribution >= 4 is 24.9 Å². The molecule has 0 amide bonds. The molecular formula is C77H139O4PS. The fraction of sp³-hybridized carbons (Fsp3) is 0.831. The van der Waals surface area contributed by atoms with Crippen LogP contribution in [0.15, 0.2) is 48.5 Å². The summed E-state index contributed by atoms with van der Waals surface area (Å²) in [5.41, 5.74) is 2.78. The van der Waals surface area contributed by atoms with Crippen LogP contribution in [0.2, 0.25) is 0 Å². The van der Waals surface area contributed by atoms with Gasteiger partial charge < -0.3 is 13.8 Å². The van der Waals surface area contributed by atoms with Gasteiger partial charge in [-0.1, -0.05) is 372 Å². The fourth-order valence-corrected chi connectivity index (χ4v) is 14.9. The average Bonchev–Trinajstić information content (AvgIpc) is 3.52. The molecule has 0 heterocycles. The van der Waals surface area contributed by atoms with Gasteiger partial charge in [-0.3, -0.25) is 4.79 Å². The molecule has 0 fully saturated rings. The minimum absolute atomic E-state index is 0.0201. The summed E-state index contributed by atoms with van der Waals surface area (Å²) in [7, 11) is -1.16. The molecule has 83 heavy (non-hydrogen) atoms. The standard InChI is InChI=1S/C77H139O4PS/c1-4-7-10-13-16-19-22-25-30-35-40-45-50-55-62-73-64-60-66-75(71-73)80-82(81-76-67-61-65-74(72-76)63-56-51-46-41-36-31-26-23-20-17-14-11-8-5-2)83-70-59-54-49-44-39-34-29-28-32-37-42-47-52-57-68-77(78)79-69-58-53-48-43-38-33-27-24-21-18-15-12-9-6-3/h60-61,64-67,71-72H,4-59,62-63,68-70H2,1-3H3. The number of carbonyl (C=O) groups excluding carboxylic acids is 1. The summed E-state index contributed by atoms with van der Waals surface area (Å²) in [6.45, 7) is 7.53. The Kier molecular flexibility index (Phi) is 59.0. The van der Waals surface area contributed by atoms with Crippen LogP contribution in [0.5, 0.6) is 11.5 Å². The molecule has 6 heteroatoms. The number of rotatable bonds is 67. The van der Waals surface area contributed by atoms with Gasteiger partial charge in [0.1, 0.15) is 11.5 Å². The van der Waals surface area contributed by atoms with Crippen LogP contribution in [-0.2, 0) is 22.4 Å². The Balaban J connectivity index is 1.59. The van der Waals surface area contributed by atoms with Gasteiger partial charge in [-0.2, -0.15) is 0 Å². The monoisotopic (exact) mass is 1190 g/mol. The Bertz CT molecular complexity index is 1540. The second-order valence-corrected chi connectivity index (χ2v) is 28.9. The number of carbonyl (C=O) groups is 1. The first-order valence-corrected chi connectivity index (χ1v) is 40.0. The molecule has 2 rings (SSSR count). The van der Waals surface area contributed by atoms with Crippen molar-refractivity contribution in [1.29, 1.82) is 0 Å². The molecule has 0 saturated heterocycles. The number of benzene rings is 2. The molecule has 0 aliphatic heterocycles. The fourth-order valence-electron chi connectivity index (χ4n) is 12.0. The van der Waals surface area contributed by atoms with E-state index >= 15 is 0 Å². The number of ether oxygens (including phenoxy) is 1. The normalized spacial score (nSPS) is 11.6. The van der Waals surface area contributed by atoms with Gasteiger partial charge in [0.05, 0.1) is 6.61 Å². The lowest BCUT2D eigenvalue weighted by Crippen LogP contribution is -2.05. The maximum atomic E-state index is 12.2.